The zero-order valence-electron chi connectivity index (χ0n) is 10.8. The molecule has 0 bridgehead atoms. The van der Waals surface area contributed by atoms with Crippen LogP contribution in [-0.2, 0) is 4.74 Å². The number of benzene rings is 1. The van der Waals surface area contributed by atoms with E-state index in [-0.39, 0.29) is 0 Å². The molecule has 1 fully saturated rings. The highest BCUT2D eigenvalue weighted by atomic mass is 16.5. The first-order valence-corrected chi connectivity index (χ1v) is 6.23. The largest absolute Gasteiger partial charge is 0.478 e. The number of rotatable bonds is 4. The van der Waals surface area contributed by atoms with Crippen LogP contribution in [0.1, 0.15) is 35.2 Å². The number of ether oxygens (including phenoxy) is 1. The lowest BCUT2D eigenvalue weighted by Crippen LogP contribution is -2.19. The molecule has 2 rings (SSSR count). The summed E-state index contributed by atoms with van der Waals surface area (Å²) in [6, 6.07) is 5.78. The van der Waals surface area contributed by atoms with Crippen molar-refractivity contribution in [2.45, 2.75) is 38.3 Å². The third-order valence-corrected chi connectivity index (χ3v) is 3.48. The Hall–Kier alpha value is -1.55. The number of nitrogens with one attached hydrogen (secondary N) is 1. The first-order chi connectivity index (χ1) is 8.60. The highest BCUT2D eigenvalue weighted by molar-refractivity contribution is 5.94. The van der Waals surface area contributed by atoms with Gasteiger partial charge in [0.2, 0.25) is 0 Å². The fourth-order valence-electron chi connectivity index (χ4n) is 2.47. The molecule has 1 saturated carbocycles. The van der Waals surface area contributed by atoms with Crippen LogP contribution in [0.5, 0.6) is 0 Å². The second-order valence-electron chi connectivity index (χ2n) is 4.87. The smallest absolute Gasteiger partial charge is 0.337 e. The lowest BCUT2D eigenvalue weighted by Gasteiger charge is -2.16. The van der Waals surface area contributed by atoms with Gasteiger partial charge in [-0.25, -0.2) is 4.79 Å². The molecule has 0 amide bonds. The maximum absolute atomic E-state index is 11.2. The van der Waals surface area contributed by atoms with E-state index in [1.165, 1.54) is 0 Å². The van der Waals surface area contributed by atoms with Crippen LogP contribution in [0.3, 0.4) is 0 Å². The maximum Gasteiger partial charge on any atom is 0.337 e. The number of aromatic carboxylic acids is 1. The SMILES string of the molecule is COC1CCC(Nc2ccc(C)cc2C(=O)O)C1. The van der Waals surface area contributed by atoms with Crippen LogP contribution in [0, 0.1) is 6.92 Å². The Balaban J connectivity index is 2.12. The minimum Gasteiger partial charge on any atom is -0.478 e. The molecule has 1 aromatic rings. The molecule has 4 heteroatoms. The van der Waals surface area contributed by atoms with Gasteiger partial charge < -0.3 is 15.2 Å². The summed E-state index contributed by atoms with van der Waals surface area (Å²) >= 11 is 0. The highest BCUT2D eigenvalue weighted by Gasteiger charge is 2.25. The van der Waals surface area contributed by atoms with E-state index in [4.69, 9.17) is 4.74 Å². The molecule has 0 radical (unpaired) electrons. The van der Waals surface area contributed by atoms with Gasteiger partial charge in [0, 0.05) is 18.8 Å². The van der Waals surface area contributed by atoms with E-state index < -0.39 is 5.97 Å². The second kappa shape index (κ2) is 5.40. The summed E-state index contributed by atoms with van der Waals surface area (Å²) < 4.78 is 5.32. The average molecular weight is 249 g/mol. The van der Waals surface area contributed by atoms with E-state index in [1.807, 2.05) is 19.1 Å². The zero-order valence-corrected chi connectivity index (χ0v) is 10.8. The van der Waals surface area contributed by atoms with Gasteiger partial charge in [-0.3, -0.25) is 0 Å². The molecule has 2 atom stereocenters. The first kappa shape index (κ1) is 12.9. The van der Waals surface area contributed by atoms with Gasteiger partial charge in [0.25, 0.3) is 0 Å². The average Bonchev–Trinajstić information content (AvgIpc) is 2.79. The first-order valence-electron chi connectivity index (χ1n) is 6.23. The lowest BCUT2D eigenvalue weighted by molar-refractivity contribution is 0.0698. The van der Waals surface area contributed by atoms with Crippen molar-refractivity contribution in [3.8, 4) is 0 Å². The Labute approximate surface area is 107 Å². The van der Waals surface area contributed by atoms with Crippen molar-refractivity contribution in [1.29, 1.82) is 0 Å². The van der Waals surface area contributed by atoms with Crippen LogP contribution in [0.2, 0.25) is 0 Å². The number of carbonyl (C=O) groups is 1. The predicted octanol–water partition coefficient (Wildman–Crippen LogP) is 2.67. The topological polar surface area (TPSA) is 58.6 Å². The van der Waals surface area contributed by atoms with Crippen molar-refractivity contribution in [2.24, 2.45) is 0 Å². The van der Waals surface area contributed by atoms with Crippen LogP contribution in [0.15, 0.2) is 18.2 Å². The summed E-state index contributed by atoms with van der Waals surface area (Å²) in [6.07, 6.45) is 3.28. The molecule has 0 saturated heterocycles. The van der Waals surface area contributed by atoms with E-state index in [1.54, 1.807) is 13.2 Å². The molecule has 0 aliphatic heterocycles. The van der Waals surface area contributed by atoms with Crippen molar-refractivity contribution in [3.63, 3.8) is 0 Å². The number of hydrogen-bond donors (Lipinski definition) is 2. The van der Waals surface area contributed by atoms with Crippen LogP contribution >= 0.6 is 0 Å². The molecule has 0 heterocycles. The third-order valence-electron chi connectivity index (χ3n) is 3.48. The minimum absolute atomic E-state index is 0.293. The molecule has 0 spiro atoms. The van der Waals surface area contributed by atoms with Gasteiger partial charge >= 0.3 is 5.97 Å². The molecule has 1 aromatic carbocycles. The summed E-state index contributed by atoms with van der Waals surface area (Å²) in [7, 11) is 1.72. The Morgan fingerprint density at radius 1 is 1.44 bits per heavy atom. The Bertz CT molecular complexity index is 445. The van der Waals surface area contributed by atoms with Crippen LogP contribution < -0.4 is 5.32 Å². The van der Waals surface area contributed by atoms with Gasteiger partial charge in [0.1, 0.15) is 0 Å². The summed E-state index contributed by atoms with van der Waals surface area (Å²) in [5.74, 6) is -0.887. The van der Waals surface area contributed by atoms with Crippen molar-refractivity contribution in [2.75, 3.05) is 12.4 Å². The monoisotopic (exact) mass is 249 g/mol. The summed E-state index contributed by atoms with van der Waals surface area (Å²) in [5.41, 5.74) is 2.00. The molecule has 0 aromatic heterocycles. The highest BCUT2D eigenvalue weighted by Crippen LogP contribution is 2.26. The molecular formula is C14H19NO3. The van der Waals surface area contributed by atoms with Gasteiger partial charge in [-0.1, -0.05) is 11.6 Å². The number of aryl methyl sites for hydroxylation is 1. The molecule has 2 unspecified atom stereocenters. The van der Waals surface area contributed by atoms with Crippen molar-refractivity contribution in [3.05, 3.63) is 29.3 Å². The molecule has 1 aliphatic rings. The molecular weight excluding hydrogens is 230 g/mol. The van der Waals surface area contributed by atoms with Gasteiger partial charge in [-0.2, -0.15) is 0 Å². The summed E-state index contributed by atoms with van der Waals surface area (Å²) in [6.45, 7) is 1.90. The zero-order chi connectivity index (χ0) is 13.1. The van der Waals surface area contributed by atoms with Crippen molar-refractivity contribution < 1.29 is 14.6 Å². The Morgan fingerprint density at radius 3 is 2.83 bits per heavy atom. The molecule has 2 N–H and O–H groups in total. The Kier molecular flexibility index (Phi) is 3.87. The number of carboxylic acids is 1. The van der Waals surface area contributed by atoms with Crippen LogP contribution in [0.4, 0.5) is 5.69 Å². The standard InChI is InChI=1S/C14H19NO3/c1-9-3-6-13(12(7-9)14(16)17)15-10-4-5-11(8-10)18-2/h3,6-7,10-11,15H,4-5,8H2,1-2H3,(H,16,17). The molecule has 4 nitrogen and oxygen atoms in total. The van der Waals surface area contributed by atoms with Crippen molar-refractivity contribution >= 4 is 11.7 Å². The number of hydrogen-bond acceptors (Lipinski definition) is 3. The summed E-state index contributed by atoms with van der Waals surface area (Å²) in [5, 5.41) is 12.5. The maximum atomic E-state index is 11.2. The van der Waals surface area contributed by atoms with E-state index in [9.17, 15) is 9.90 Å². The number of carboxylic acid groups (broad SMARTS) is 1. The minimum atomic E-state index is -0.887. The fourth-order valence-corrected chi connectivity index (χ4v) is 2.47. The van der Waals surface area contributed by atoms with E-state index in [2.05, 4.69) is 5.32 Å². The van der Waals surface area contributed by atoms with Crippen molar-refractivity contribution in [1.82, 2.24) is 0 Å². The molecule has 98 valence electrons. The summed E-state index contributed by atoms with van der Waals surface area (Å²) in [4.78, 5) is 11.2. The molecule has 18 heavy (non-hydrogen) atoms. The number of anilines is 1. The van der Waals surface area contributed by atoms with Gasteiger partial charge in [0.05, 0.1) is 11.7 Å². The normalized spacial score (nSPS) is 23.0. The quantitative estimate of drug-likeness (QED) is 0.861. The second-order valence-corrected chi connectivity index (χ2v) is 4.87. The fraction of sp³-hybridized carbons (Fsp3) is 0.500. The third kappa shape index (κ3) is 2.82. The van der Waals surface area contributed by atoms with E-state index >= 15 is 0 Å². The molecule has 1 aliphatic carbocycles. The van der Waals surface area contributed by atoms with Gasteiger partial charge in [0.15, 0.2) is 0 Å². The van der Waals surface area contributed by atoms with Crippen LogP contribution in [0.25, 0.3) is 0 Å². The lowest BCUT2D eigenvalue weighted by atomic mass is 10.1. The van der Waals surface area contributed by atoms with Gasteiger partial charge in [-0.05, 0) is 38.3 Å². The van der Waals surface area contributed by atoms with Crippen LogP contribution in [-0.4, -0.2) is 30.3 Å². The van der Waals surface area contributed by atoms with Gasteiger partial charge in [-0.15, -0.1) is 0 Å². The van der Waals surface area contributed by atoms with E-state index in [0.717, 1.165) is 24.8 Å². The Morgan fingerprint density at radius 2 is 2.22 bits per heavy atom. The number of methoxy groups -OCH3 is 1. The predicted molar refractivity (Wildman–Crippen MR) is 70.2 cm³/mol. The van der Waals surface area contributed by atoms with E-state index in [0.29, 0.717) is 23.4 Å².